The van der Waals surface area contributed by atoms with Gasteiger partial charge in [-0.25, -0.2) is 0 Å². The summed E-state index contributed by atoms with van der Waals surface area (Å²) in [6.45, 7) is 6.36. The van der Waals surface area contributed by atoms with Crippen LogP contribution < -0.4 is 10.6 Å². The zero-order chi connectivity index (χ0) is 16.0. The van der Waals surface area contributed by atoms with Gasteiger partial charge in [-0.1, -0.05) is 30.3 Å². The highest BCUT2D eigenvalue weighted by Crippen LogP contribution is 2.08. The lowest BCUT2D eigenvalue weighted by molar-refractivity contribution is -0.132. The molecule has 3 N–H and O–H groups in total. The minimum absolute atomic E-state index is 0.271. The largest absolute Gasteiger partial charge is 0.391 e. The number of aliphatic hydroxyl groups excluding tert-OH is 1. The van der Waals surface area contributed by atoms with E-state index in [0.717, 1.165) is 5.56 Å². The number of aliphatic hydroxyl groups is 1. The van der Waals surface area contributed by atoms with Crippen LogP contribution in [0, 0.1) is 0 Å². The van der Waals surface area contributed by atoms with Crippen LogP contribution in [0.5, 0.6) is 0 Å². The second-order valence-corrected chi connectivity index (χ2v) is 5.83. The molecule has 1 aromatic rings. The first kappa shape index (κ1) is 17.2. The summed E-state index contributed by atoms with van der Waals surface area (Å²) in [5.74, 6) is -0.593. The number of rotatable bonds is 6. The lowest BCUT2D eigenvalue weighted by Crippen LogP contribution is -2.57. The Kier molecular flexibility index (Phi) is 5.90. The minimum atomic E-state index is -1.01. The Morgan fingerprint density at radius 3 is 2.33 bits per heavy atom. The maximum Gasteiger partial charge on any atom is 0.245 e. The fourth-order valence-electron chi connectivity index (χ4n) is 2.01. The van der Waals surface area contributed by atoms with Gasteiger partial charge in [-0.3, -0.25) is 9.59 Å². The fraction of sp³-hybridized carbons (Fsp3) is 0.500. The summed E-state index contributed by atoms with van der Waals surface area (Å²) in [4.78, 5) is 23.2. The van der Waals surface area contributed by atoms with Gasteiger partial charge in [0.25, 0.3) is 0 Å². The molecule has 0 saturated carbocycles. The summed E-state index contributed by atoms with van der Waals surface area (Å²) in [7, 11) is 0. The lowest BCUT2D eigenvalue weighted by Gasteiger charge is -2.28. The Balaban J connectivity index is 2.57. The third kappa shape index (κ3) is 5.55. The molecule has 2 atom stereocenters. The summed E-state index contributed by atoms with van der Waals surface area (Å²) < 4.78 is 0. The van der Waals surface area contributed by atoms with E-state index in [1.807, 2.05) is 30.3 Å². The van der Waals surface area contributed by atoms with Gasteiger partial charge in [-0.05, 0) is 26.3 Å². The van der Waals surface area contributed by atoms with E-state index >= 15 is 0 Å². The fourth-order valence-corrected chi connectivity index (χ4v) is 2.01. The zero-order valence-electron chi connectivity index (χ0n) is 13.0. The normalized spacial score (nSPS) is 14.1. The van der Waals surface area contributed by atoms with Crippen molar-refractivity contribution < 1.29 is 14.7 Å². The number of hydrogen-bond donors (Lipinski definition) is 3. The van der Waals surface area contributed by atoms with Gasteiger partial charge in [0, 0.05) is 13.3 Å². The molecule has 0 saturated heterocycles. The van der Waals surface area contributed by atoms with Crippen molar-refractivity contribution in [2.45, 2.75) is 51.8 Å². The van der Waals surface area contributed by atoms with Crippen molar-refractivity contribution in [3.8, 4) is 0 Å². The topological polar surface area (TPSA) is 78.4 Å². The van der Waals surface area contributed by atoms with Gasteiger partial charge >= 0.3 is 0 Å². The van der Waals surface area contributed by atoms with E-state index < -0.39 is 17.7 Å². The van der Waals surface area contributed by atoms with Gasteiger partial charge < -0.3 is 15.7 Å². The van der Waals surface area contributed by atoms with E-state index in [0.29, 0.717) is 6.42 Å². The molecular formula is C16H24N2O3. The Morgan fingerprint density at radius 1 is 1.24 bits per heavy atom. The van der Waals surface area contributed by atoms with Crippen LogP contribution in [0.1, 0.15) is 33.3 Å². The summed E-state index contributed by atoms with van der Waals surface area (Å²) in [6.07, 6.45) is -0.229. The van der Waals surface area contributed by atoms with Crippen molar-refractivity contribution in [3.63, 3.8) is 0 Å². The van der Waals surface area contributed by atoms with Crippen LogP contribution in [-0.2, 0) is 16.0 Å². The van der Waals surface area contributed by atoms with Crippen LogP contribution in [0.4, 0.5) is 0 Å². The highest BCUT2D eigenvalue weighted by molar-refractivity contribution is 5.90. The van der Waals surface area contributed by atoms with Crippen LogP contribution in [0.3, 0.4) is 0 Å². The van der Waals surface area contributed by atoms with Gasteiger partial charge in [0.1, 0.15) is 5.54 Å². The Morgan fingerprint density at radius 2 is 1.81 bits per heavy atom. The standard InChI is InChI=1S/C16H24N2O3/c1-11(14(20)10-13-8-6-5-7-9-13)17-15(21)16(3,4)18-12(2)19/h5-9,11,14,20H,10H2,1-4H3,(H,17,21)(H,18,19). The second kappa shape index (κ2) is 7.22. The monoisotopic (exact) mass is 292 g/mol. The van der Waals surface area contributed by atoms with E-state index in [-0.39, 0.29) is 11.8 Å². The summed E-state index contributed by atoms with van der Waals surface area (Å²) >= 11 is 0. The van der Waals surface area contributed by atoms with E-state index in [1.165, 1.54) is 6.92 Å². The average molecular weight is 292 g/mol. The van der Waals surface area contributed by atoms with Gasteiger partial charge in [0.05, 0.1) is 12.1 Å². The third-order valence-electron chi connectivity index (χ3n) is 3.28. The molecule has 0 aliphatic heterocycles. The van der Waals surface area contributed by atoms with Crippen molar-refractivity contribution in [1.82, 2.24) is 10.6 Å². The molecule has 0 bridgehead atoms. The molecule has 1 rings (SSSR count). The van der Waals surface area contributed by atoms with Crippen molar-refractivity contribution in [2.24, 2.45) is 0 Å². The van der Waals surface area contributed by atoms with E-state index in [1.54, 1.807) is 20.8 Å². The SMILES string of the molecule is CC(=O)NC(C)(C)C(=O)NC(C)C(O)Cc1ccccc1. The van der Waals surface area contributed by atoms with Gasteiger partial charge in [0.15, 0.2) is 0 Å². The molecule has 21 heavy (non-hydrogen) atoms. The number of benzene rings is 1. The third-order valence-corrected chi connectivity index (χ3v) is 3.28. The number of carbonyl (C=O) groups excluding carboxylic acids is 2. The zero-order valence-corrected chi connectivity index (χ0v) is 13.0. The Hall–Kier alpha value is -1.88. The highest BCUT2D eigenvalue weighted by Gasteiger charge is 2.30. The number of hydrogen-bond acceptors (Lipinski definition) is 3. The Labute approximate surface area is 125 Å². The minimum Gasteiger partial charge on any atom is -0.391 e. The number of amides is 2. The van der Waals surface area contributed by atoms with Crippen LogP contribution in [0.2, 0.25) is 0 Å². The summed E-state index contributed by atoms with van der Waals surface area (Å²) in [5.41, 5.74) is -0.000695. The maximum absolute atomic E-state index is 12.1. The van der Waals surface area contributed by atoms with E-state index in [9.17, 15) is 14.7 Å². The predicted octanol–water partition coefficient (Wildman–Crippen LogP) is 1.01. The van der Waals surface area contributed by atoms with Gasteiger partial charge in [-0.2, -0.15) is 0 Å². The molecule has 2 amide bonds. The molecule has 0 aromatic heterocycles. The second-order valence-electron chi connectivity index (χ2n) is 5.83. The molecular weight excluding hydrogens is 268 g/mol. The number of carbonyl (C=O) groups is 2. The van der Waals surface area contributed by atoms with Crippen LogP contribution >= 0.6 is 0 Å². The van der Waals surface area contributed by atoms with Crippen molar-refractivity contribution in [2.75, 3.05) is 0 Å². The van der Waals surface area contributed by atoms with Crippen LogP contribution in [-0.4, -0.2) is 34.6 Å². The molecule has 0 spiro atoms. The van der Waals surface area contributed by atoms with E-state index in [2.05, 4.69) is 10.6 Å². The summed E-state index contributed by atoms with van der Waals surface area (Å²) in [5, 5.41) is 15.5. The molecule has 1 aromatic carbocycles. The molecule has 116 valence electrons. The molecule has 0 aliphatic rings. The van der Waals surface area contributed by atoms with Crippen molar-refractivity contribution in [3.05, 3.63) is 35.9 Å². The predicted molar refractivity (Wildman–Crippen MR) is 81.7 cm³/mol. The molecule has 0 radical (unpaired) electrons. The lowest BCUT2D eigenvalue weighted by atomic mass is 10.0. The van der Waals surface area contributed by atoms with Crippen molar-refractivity contribution in [1.29, 1.82) is 0 Å². The first-order valence-electron chi connectivity index (χ1n) is 7.04. The first-order chi connectivity index (χ1) is 9.72. The highest BCUT2D eigenvalue weighted by atomic mass is 16.3. The molecule has 5 nitrogen and oxygen atoms in total. The smallest absolute Gasteiger partial charge is 0.245 e. The number of nitrogens with one attached hydrogen (secondary N) is 2. The maximum atomic E-state index is 12.1. The van der Waals surface area contributed by atoms with Crippen LogP contribution in [0.15, 0.2) is 30.3 Å². The summed E-state index contributed by atoms with van der Waals surface area (Å²) in [6, 6.07) is 9.18. The van der Waals surface area contributed by atoms with Crippen molar-refractivity contribution >= 4 is 11.8 Å². The van der Waals surface area contributed by atoms with Crippen LogP contribution in [0.25, 0.3) is 0 Å². The quantitative estimate of drug-likeness (QED) is 0.732. The van der Waals surface area contributed by atoms with E-state index in [4.69, 9.17) is 0 Å². The van der Waals surface area contributed by atoms with Gasteiger partial charge in [-0.15, -0.1) is 0 Å². The van der Waals surface area contributed by atoms with Gasteiger partial charge in [0.2, 0.25) is 11.8 Å². The molecule has 5 heteroatoms. The molecule has 2 unspecified atom stereocenters. The molecule has 0 aliphatic carbocycles. The first-order valence-corrected chi connectivity index (χ1v) is 7.04. The Bertz CT molecular complexity index is 486. The average Bonchev–Trinajstić information content (AvgIpc) is 2.38. The molecule has 0 fully saturated rings. The molecule has 0 heterocycles.